The number of carbonyl (C=O) groups is 3. The number of nitrogens with zero attached hydrogens (tertiary/aromatic N) is 2. The molecule has 0 bridgehead atoms. The molecule has 1 aliphatic rings. The molecule has 2 N–H and O–H groups in total. The first-order chi connectivity index (χ1) is 16.7. The number of rotatable bonds is 6. The zero-order valence-corrected chi connectivity index (χ0v) is 21.6. The summed E-state index contributed by atoms with van der Waals surface area (Å²) >= 11 is 0. The van der Waals surface area contributed by atoms with Gasteiger partial charge in [0.05, 0.1) is 12.2 Å². The van der Waals surface area contributed by atoms with Gasteiger partial charge in [-0.2, -0.15) is 0 Å². The molecular formula is C27H35N3O6. The molecule has 2 heterocycles. The van der Waals surface area contributed by atoms with E-state index in [2.05, 4.69) is 10.3 Å². The molecule has 1 aromatic carbocycles. The van der Waals surface area contributed by atoms with Gasteiger partial charge in [0.25, 0.3) is 0 Å². The molecule has 194 valence electrons. The Labute approximate surface area is 211 Å². The number of nitrogens with one attached hydrogen (secondary N) is 1. The van der Waals surface area contributed by atoms with Gasteiger partial charge in [-0.15, -0.1) is 0 Å². The van der Waals surface area contributed by atoms with E-state index in [9.17, 15) is 19.5 Å². The molecule has 3 rings (SSSR count). The molecule has 1 saturated heterocycles. The lowest BCUT2D eigenvalue weighted by molar-refractivity contribution is -0.150. The summed E-state index contributed by atoms with van der Waals surface area (Å²) in [7, 11) is 0. The van der Waals surface area contributed by atoms with E-state index >= 15 is 0 Å². The average molecular weight is 498 g/mol. The Kier molecular flexibility index (Phi) is 7.91. The Balaban J connectivity index is 1.78. The van der Waals surface area contributed by atoms with E-state index in [1.54, 1.807) is 47.6 Å². The van der Waals surface area contributed by atoms with Crippen molar-refractivity contribution in [1.82, 2.24) is 15.2 Å². The average Bonchev–Trinajstić information content (AvgIpc) is 3.20. The molecule has 0 aliphatic carbocycles. The first-order valence-electron chi connectivity index (χ1n) is 12.0. The normalized spacial score (nSPS) is 18.9. The van der Waals surface area contributed by atoms with Crippen LogP contribution in [0.4, 0.5) is 4.79 Å². The smallest absolute Gasteiger partial charge is 0.408 e. The van der Waals surface area contributed by atoms with Gasteiger partial charge in [0.1, 0.15) is 23.8 Å². The molecule has 1 fully saturated rings. The van der Waals surface area contributed by atoms with Crippen LogP contribution in [0.1, 0.15) is 48.0 Å². The Morgan fingerprint density at radius 1 is 1.03 bits per heavy atom. The lowest BCUT2D eigenvalue weighted by Gasteiger charge is -2.35. The molecule has 2 amide bonds. The highest BCUT2D eigenvalue weighted by Crippen LogP contribution is 2.29. The monoisotopic (exact) mass is 497 g/mol. The molecule has 1 aromatic heterocycles. The van der Waals surface area contributed by atoms with E-state index in [0.717, 1.165) is 11.3 Å². The summed E-state index contributed by atoms with van der Waals surface area (Å²) in [5.41, 5.74) is 0.216. The van der Waals surface area contributed by atoms with Crippen LogP contribution in [-0.2, 0) is 14.3 Å². The molecule has 9 nitrogen and oxygen atoms in total. The van der Waals surface area contributed by atoms with Crippen molar-refractivity contribution < 1.29 is 29.0 Å². The maximum atomic E-state index is 13.6. The molecule has 0 saturated carbocycles. The Bertz CT molecular complexity index is 1090. The van der Waals surface area contributed by atoms with Crippen molar-refractivity contribution in [3.8, 4) is 17.1 Å². The number of carbonyl (C=O) groups excluding carboxylic acids is 2. The van der Waals surface area contributed by atoms with Crippen LogP contribution in [-0.4, -0.2) is 63.3 Å². The third kappa shape index (κ3) is 6.96. The standard InChI is InChI=1S/C27H35N3O6/c1-26(2,3)22(29-25(34)36-27(4,5)6)23(31)30-16-18(15-20(30)24(32)33)35-21-14-10-13-19(28-21)17-11-8-7-9-12-17/h7-14,18,20,22H,15-16H2,1-6H3,(H,29,34)(H,32,33)/t18-,20+,22-/m1/s1. The van der Waals surface area contributed by atoms with Crippen LogP contribution in [0, 0.1) is 5.41 Å². The number of hydrogen-bond acceptors (Lipinski definition) is 6. The van der Waals surface area contributed by atoms with E-state index < -0.39 is 47.2 Å². The fourth-order valence-electron chi connectivity index (χ4n) is 4.02. The molecule has 9 heteroatoms. The molecule has 36 heavy (non-hydrogen) atoms. The Hall–Kier alpha value is -3.62. The number of alkyl carbamates (subject to hydrolysis) is 1. The van der Waals surface area contributed by atoms with E-state index in [4.69, 9.17) is 9.47 Å². The predicted molar refractivity (Wildman–Crippen MR) is 134 cm³/mol. The molecule has 2 aromatic rings. The fourth-order valence-corrected chi connectivity index (χ4v) is 4.02. The number of hydrogen-bond donors (Lipinski definition) is 2. The second-order valence-electron chi connectivity index (χ2n) is 11.0. The zero-order valence-electron chi connectivity index (χ0n) is 21.6. The van der Waals surface area contributed by atoms with Crippen LogP contribution in [0.5, 0.6) is 5.88 Å². The van der Waals surface area contributed by atoms with Crippen molar-refractivity contribution >= 4 is 18.0 Å². The Morgan fingerprint density at radius 2 is 1.69 bits per heavy atom. The number of likely N-dealkylation sites (tertiary alicyclic amines) is 1. The maximum absolute atomic E-state index is 13.6. The van der Waals surface area contributed by atoms with Gasteiger partial charge in [0.2, 0.25) is 11.8 Å². The van der Waals surface area contributed by atoms with E-state index in [0.29, 0.717) is 5.88 Å². The van der Waals surface area contributed by atoms with Crippen molar-refractivity contribution in [3.63, 3.8) is 0 Å². The quantitative estimate of drug-likeness (QED) is 0.616. The molecule has 0 unspecified atom stereocenters. The number of pyridine rings is 1. The van der Waals surface area contributed by atoms with E-state index in [-0.39, 0.29) is 13.0 Å². The second-order valence-corrected chi connectivity index (χ2v) is 11.0. The molecule has 1 aliphatic heterocycles. The van der Waals surface area contributed by atoms with Crippen molar-refractivity contribution in [2.45, 2.75) is 71.8 Å². The summed E-state index contributed by atoms with van der Waals surface area (Å²) in [5, 5.41) is 12.5. The highest BCUT2D eigenvalue weighted by molar-refractivity contribution is 5.90. The second kappa shape index (κ2) is 10.6. The van der Waals surface area contributed by atoms with Crippen LogP contribution in [0.15, 0.2) is 48.5 Å². The highest BCUT2D eigenvalue weighted by Gasteiger charge is 2.46. The minimum absolute atomic E-state index is 0.0512. The topological polar surface area (TPSA) is 118 Å². The molecule has 0 radical (unpaired) electrons. The SMILES string of the molecule is CC(C)(C)OC(=O)N[C@H](C(=O)N1C[C@H](Oc2cccc(-c3ccccc3)n2)C[C@H]1C(=O)O)C(C)(C)C. The van der Waals surface area contributed by atoms with Gasteiger partial charge in [-0.05, 0) is 32.3 Å². The molecular weight excluding hydrogens is 462 g/mol. The van der Waals surface area contributed by atoms with Gasteiger partial charge >= 0.3 is 12.1 Å². The van der Waals surface area contributed by atoms with Crippen molar-refractivity contribution in [3.05, 3.63) is 48.5 Å². The summed E-state index contributed by atoms with van der Waals surface area (Å²) < 4.78 is 11.4. The minimum Gasteiger partial charge on any atom is -0.480 e. The van der Waals surface area contributed by atoms with Crippen LogP contribution in [0.3, 0.4) is 0 Å². The van der Waals surface area contributed by atoms with E-state index in [1.807, 2.05) is 42.5 Å². The summed E-state index contributed by atoms with van der Waals surface area (Å²) in [4.78, 5) is 43.9. The van der Waals surface area contributed by atoms with Crippen LogP contribution >= 0.6 is 0 Å². The van der Waals surface area contributed by atoms with E-state index in [1.165, 1.54) is 4.90 Å². The number of ether oxygens (including phenoxy) is 2. The Morgan fingerprint density at radius 3 is 2.28 bits per heavy atom. The fraction of sp³-hybridized carbons (Fsp3) is 0.481. The summed E-state index contributed by atoms with van der Waals surface area (Å²) in [6.45, 7) is 10.6. The van der Waals surface area contributed by atoms with Gasteiger partial charge in [-0.25, -0.2) is 14.6 Å². The third-order valence-corrected chi connectivity index (χ3v) is 5.69. The molecule has 3 atom stereocenters. The lowest BCUT2D eigenvalue weighted by atomic mass is 9.85. The maximum Gasteiger partial charge on any atom is 0.408 e. The number of amides is 2. The molecule has 0 spiro atoms. The van der Waals surface area contributed by atoms with Crippen LogP contribution < -0.4 is 10.1 Å². The lowest BCUT2D eigenvalue weighted by Crippen LogP contribution is -2.57. The number of aliphatic carboxylic acids is 1. The number of aromatic nitrogens is 1. The predicted octanol–water partition coefficient (Wildman–Crippen LogP) is 4.12. The van der Waals surface area contributed by atoms with Crippen molar-refractivity contribution in [2.24, 2.45) is 5.41 Å². The van der Waals surface area contributed by atoms with Crippen molar-refractivity contribution in [1.29, 1.82) is 0 Å². The summed E-state index contributed by atoms with van der Waals surface area (Å²) in [5.74, 6) is -1.29. The zero-order chi connectivity index (χ0) is 26.7. The number of carboxylic acid groups (broad SMARTS) is 1. The first-order valence-corrected chi connectivity index (χ1v) is 12.0. The van der Waals surface area contributed by atoms with Gasteiger partial charge in [-0.3, -0.25) is 4.79 Å². The van der Waals surface area contributed by atoms with Gasteiger partial charge in [0.15, 0.2) is 0 Å². The minimum atomic E-state index is -1.13. The third-order valence-electron chi connectivity index (χ3n) is 5.69. The van der Waals surface area contributed by atoms with Gasteiger partial charge < -0.3 is 24.8 Å². The van der Waals surface area contributed by atoms with Gasteiger partial charge in [-0.1, -0.05) is 57.2 Å². The first kappa shape index (κ1) is 27.0. The van der Waals surface area contributed by atoms with Crippen LogP contribution in [0.25, 0.3) is 11.3 Å². The number of benzene rings is 1. The van der Waals surface area contributed by atoms with Gasteiger partial charge in [0, 0.05) is 18.1 Å². The summed E-state index contributed by atoms with van der Waals surface area (Å²) in [6.07, 6.45) is -1.21. The largest absolute Gasteiger partial charge is 0.480 e. The van der Waals surface area contributed by atoms with Crippen LogP contribution in [0.2, 0.25) is 0 Å². The summed E-state index contributed by atoms with van der Waals surface area (Å²) in [6, 6.07) is 12.9. The number of carboxylic acids is 1. The van der Waals surface area contributed by atoms with Crippen molar-refractivity contribution in [2.75, 3.05) is 6.54 Å². The highest BCUT2D eigenvalue weighted by atomic mass is 16.6.